The smallest absolute Gasteiger partial charge is 0.310 e. The van der Waals surface area contributed by atoms with E-state index in [9.17, 15) is 9.59 Å². The Hall–Kier alpha value is -1.12. The van der Waals surface area contributed by atoms with Crippen molar-refractivity contribution in [3.05, 3.63) is 11.1 Å². The molecule has 3 heteroatoms. The van der Waals surface area contributed by atoms with Crippen LogP contribution < -0.4 is 0 Å². The number of rotatable bonds is 4. The van der Waals surface area contributed by atoms with Gasteiger partial charge in [0.2, 0.25) is 0 Å². The van der Waals surface area contributed by atoms with Crippen molar-refractivity contribution in [3.8, 4) is 0 Å². The van der Waals surface area contributed by atoms with Crippen LogP contribution in [0.4, 0.5) is 0 Å². The van der Waals surface area contributed by atoms with Gasteiger partial charge < -0.3 is 4.74 Å². The van der Waals surface area contributed by atoms with Crippen LogP contribution in [0.1, 0.15) is 39.5 Å². The first-order valence-corrected chi connectivity index (χ1v) is 5.39. The molecule has 1 rings (SSSR count). The van der Waals surface area contributed by atoms with E-state index in [-0.39, 0.29) is 18.2 Å². The maximum absolute atomic E-state index is 11.7. The number of carbonyl (C=O) groups excluding carboxylic acids is 2. The summed E-state index contributed by atoms with van der Waals surface area (Å²) in [5, 5.41) is 0. The molecular weight excluding hydrogens is 192 g/mol. The van der Waals surface area contributed by atoms with Crippen LogP contribution in [0.15, 0.2) is 11.1 Å². The third-order valence-electron chi connectivity index (χ3n) is 3.04. The molecule has 3 nitrogen and oxygen atoms in total. The molecule has 0 fully saturated rings. The van der Waals surface area contributed by atoms with Gasteiger partial charge in [-0.2, -0.15) is 0 Å². The van der Waals surface area contributed by atoms with Gasteiger partial charge in [-0.25, -0.2) is 0 Å². The first-order valence-electron chi connectivity index (χ1n) is 5.39. The number of ketones is 1. The zero-order chi connectivity index (χ0) is 11.4. The van der Waals surface area contributed by atoms with Gasteiger partial charge in [0.15, 0.2) is 5.78 Å². The molecule has 0 saturated carbocycles. The van der Waals surface area contributed by atoms with Gasteiger partial charge in [0, 0.05) is 12.0 Å². The molecule has 1 aliphatic carbocycles. The second-order valence-corrected chi connectivity index (χ2v) is 4.03. The monoisotopic (exact) mass is 210 g/mol. The van der Waals surface area contributed by atoms with Crippen LogP contribution in [0.2, 0.25) is 0 Å². The maximum atomic E-state index is 11.7. The minimum absolute atomic E-state index is 0.122. The van der Waals surface area contributed by atoms with Crippen molar-refractivity contribution in [2.45, 2.75) is 39.5 Å². The van der Waals surface area contributed by atoms with E-state index < -0.39 is 0 Å². The van der Waals surface area contributed by atoms with Gasteiger partial charge in [-0.3, -0.25) is 9.59 Å². The molecule has 15 heavy (non-hydrogen) atoms. The standard InChI is InChI=1S/C12H18O3/c1-4-5-9-6-11(13)10(8(9)2)7-12(14)15-3/h9H,4-7H2,1-3H3. The average molecular weight is 210 g/mol. The summed E-state index contributed by atoms with van der Waals surface area (Å²) in [7, 11) is 1.35. The minimum atomic E-state index is -0.324. The van der Waals surface area contributed by atoms with Gasteiger partial charge >= 0.3 is 5.97 Å². The minimum Gasteiger partial charge on any atom is -0.469 e. The first-order chi connectivity index (χ1) is 7.10. The number of allylic oxidation sites excluding steroid dienone is 1. The normalized spacial score (nSPS) is 21.0. The zero-order valence-corrected chi connectivity index (χ0v) is 9.63. The molecule has 0 aliphatic heterocycles. The fourth-order valence-corrected chi connectivity index (χ4v) is 2.09. The van der Waals surface area contributed by atoms with E-state index in [1.807, 2.05) is 6.92 Å². The van der Waals surface area contributed by atoms with Crippen molar-refractivity contribution in [1.82, 2.24) is 0 Å². The lowest BCUT2D eigenvalue weighted by Crippen LogP contribution is -2.06. The number of ether oxygens (including phenoxy) is 1. The molecule has 0 amide bonds. The van der Waals surface area contributed by atoms with E-state index >= 15 is 0 Å². The van der Waals surface area contributed by atoms with E-state index in [2.05, 4.69) is 11.7 Å². The highest BCUT2D eigenvalue weighted by atomic mass is 16.5. The lowest BCUT2D eigenvalue weighted by atomic mass is 9.97. The highest BCUT2D eigenvalue weighted by Gasteiger charge is 2.29. The number of hydrogen-bond acceptors (Lipinski definition) is 3. The van der Waals surface area contributed by atoms with Crippen LogP contribution >= 0.6 is 0 Å². The summed E-state index contributed by atoms with van der Waals surface area (Å²) in [6.07, 6.45) is 2.82. The molecule has 1 atom stereocenters. The maximum Gasteiger partial charge on any atom is 0.310 e. The molecule has 84 valence electrons. The Morgan fingerprint density at radius 3 is 2.73 bits per heavy atom. The van der Waals surface area contributed by atoms with Gasteiger partial charge in [0.05, 0.1) is 13.5 Å². The van der Waals surface area contributed by atoms with Gasteiger partial charge in [-0.1, -0.05) is 18.9 Å². The van der Waals surface area contributed by atoms with Gasteiger partial charge in [0.25, 0.3) is 0 Å². The number of esters is 1. The lowest BCUT2D eigenvalue weighted by Gasteiger charge is -2.08. The average Bonchev–Trinajstić information content (AvgIpc) is 2.46. The number of methoxy groups -OCH3 is 1. The van der Waals surface area contributed by atoms with Crippen LogP contribution in [0.25, 0.3) is 0 Å². The van der Waals surface area contributed by atoms with E-state index in [1.54, 1.807) is 0 Å². The number of carbonyl (C=O) groups is 2. The van der Waals surface area contributed by atoms with Crippen molar-refractivity contribution in [1.29, 1.82) is 0 Å². The molecule has 1 unspecified atom stereocenters. The number of hydrogen-bond donors (Lipinski definition) is 0. The Balaban J connectivity index is 2.75. The molecular formula is C12H18O3. The molecule has 0 radical (unpaired) electrons. The summed E-state index contributed by atoms with van der Waals surface area (Å²) in [6.45, 7) is 4.07. The highest BCUT2D eigenvalue weighted by Crippen LogP contribution is 2.33. The molecule has 0 N–H and O–H groups in total. The first kappa shape index (κ1) is 12.0. The predicted octanol–water partition coefficient (Wildman–Crippen LogP) is 2.26. The van der Waals surface area contributed by atoms with Crippen LogP contribution in [-0.4, -0.2) is 18.9 Å². The third kappa shape index (κ3) is 2.67. The second kappa shape index (κ2) is 5.10. The van der Waals surface area contributed by atoms with Crippen molar-refractivity contribution in [2.24, 2.45) is 5.92 Å². The molecule has 0 aromatic carbocycles. The van der Waals surface area contributed by atoms with E-state index in [1.165, 1.54) is 7.11 Å². The summed E-state index contributed by atoms with van der Waals surface area (Å²) in [4.78, 5) is 22.8. The van der Waals surface area contributed by atoms with Crippen LogP contribution in [0, 0.1) is 5.92 Å². The van der Waals surface area contributed by atoms with Crippen LogP contribution in [0.3, 0.4) is 0 Å². The zero-order valence-electron chi connectivity index (χ0n) is 9.63. The van der Waals surface area contributed by atoms with Crippen molar-refractivity contribution < 1.29 is 14.3 Å². The molecule has 0 spiro atoms. The SMILES string of the molecule is CCCC1CC(=O)C(CC(=O)OC)=C1C. The fourth-order valence-electron chi connectivity index (χ4n) is 2.09. The second-order valence-electron chi connectivity index (χ2n) is 4.03. The summed E-state index contributed by atoms with van der Waals surface area (Å²) in [5.74, 6) is 0.147. The molecule has 0 saturated heterocycles. The van der Waals surface area contributed by atoms with Gasteiger partial charge in [-0.15, -0.1) is 0 Å². The molecule has 0 bridgehead atoms. The molecule has 0 aromatic rings. The summed E-state index contributed by atoms with van der Waals surface area (Å²) in [6, 6.07) is 0. The van der Waals surface area contributed by atoms with E-state index in [4.69, 9.17) is 0 Å². The Bertz CT molecular complexity index is 302. The van der Waals surface area contributed by atoms with Crippen molar-refractivity contribution in [2.75, 3.05) is 7.11 Å². The molecule has 0 heterocycles. The van der Waals surface area contributed by atoms with E-state index in [0.29, 0.717) is 17.9 Å². The fraction of sp³-hybridized carbons (Fsp3) is 0.667. The quantitative estimate of drug-likeness (QED) is 0.668. The third-order valence-corrected chi connectivity index (χ3v) is 3.04. The van der Waals surface area contributed by atoms with Crippen LogP contribution in [0.5, 0.6) is 0 Å². The van der Waals surface area contributed by atoms with Crippen LogP contribution in [-0.2, 0) is 14.3 Å². The Morgan fingerprint density at radius 1 is 1.53 bits per heavy atom. The summed E-state index contributed by atoms with van der Waals surface area (Å²) < 4.78 is 4.58. The Labute approximate surface area is 90.5 Å². The van der Waals surface area contributed by atoms with Crippen molar-refractivity contribution in [3.63, 3.8) is 0 Å². The molecule has 0 aromatic heterocycles. The summed E-state index contributed by atoms with van der Waals surface area (Å²) in [5.41, 5.74) is 1.77. The van der Waals surface area contributed by atoms with E-state index in [0.717, 1.165) is 18.4 Å². The lowest BCUT2D eigenvalue weighted by molar-refractivity contribution is -0.140. The van der Waals surface area contributed by atoms with Crippen molar-refractivity contribution >= 4 is 11.8 Å². The highest BCUT2D eigenvalue weighted by molar-refractivity contribution is 6.02. The largest absolute Gasteiger partial charge is 0.469 e. The van der Waals surface area contributed by atoms with Gasteiger partial charge in [-0.05, 0) is 19.3 Å². The Kier molecular flexibility index (Phi) is 4.06. The molecule has 1 aliphatic rings. The Morgan fingerprint density at radius 2 is 2.20 bits per heavy atom. The summed E-state index contributed by atoms with van der Waals surface area (Å²) >= 11 is 0. The van der Waals surface area contributed by atoms with Gasteiger partial charge in [0.1, 0.15) is 0 Å². The number of Topliss-reactive ketones (excluding diaryl/α,β-unsaturated/α-hetero) is 1. The topological polar surface area (TPSA) is 43.4 Å². The predicted molar refractivity (Wildman–Crippen MR) is 57.4 cm³/mol.